The first-order chi connectivity index (χ1) is 14.7. The van der Waals surface area contributed by atoms with Crippen molar-refractivity contribution in [1.29, 1.82) is 0 Å². The van der Waals surface area contributed by atoms with E-state index in [4.69, 9.17) is 4.74 Å². The van der Waals surface area contributed by atoms with Crippen LogP contribution in [-0.4, -0.2) is 76.0 Å². The van der Waals surface area contributed by atoms with Gasteiger partial charge in [-0.05, 0) is 63.2 Å². The van der Waals surface area contributed by atoms with Gasteiger partial charge < -0.3 is 19.1 Å². The number of amides is 1. The SMILES string of the molecule is COCCCN(C[C@H]1CCCN2CCCC[C@@H]12)C(=O)c1cnn(C)c1-n1cccc1. The lowest BCUT2D eigenvalue weighted by molar-refractivity contribution is 0.0347. The first-order valence-corrected chi connectivity index (χ1v) is 11.4. The highest BCUT2D eigenvalue weighted by Gasteiger charge is 2.35. The lowest BCUT2D eigenvalue weighted by Gasteiger charge is -2.45. The van der Waals surface area contributed by atoms with E-state index in [1.165, 1.54) is 45.2 Å². The van der Waals surface area contributed by atoms with E-state index in [2.05, 4.69) is 14.9 Å². The number of rotatable bonds is 8. The van der Waals surface area contributed by atoms with Crippen molar-refractivity contribution < 1.29 is 9.53 Å². The lowest BCUT2D eigenvalue weighted by Crippen LogP contribution is -2.51. The van der Waals surface area contributed by atoms with Crippen LogP contribution in [0.3, 0.4) is 0 Å². The van der Waals surface area contributed by atoms with Crippen LogP contribution in [0.15, 0.2) is 30.7 Å². The molecule has 2 aliphatic rings. The average Bonchev–Trinajstić information content (AvgIpc) is 3.42. The Hall–Kier alpha value is -2.12. The molecule has 2 aromatic rings. The van der Waals surface area contributed by atoms with Gasteiger partial charge >= 0.3 is 0 Å². The summed E-state index contributed by atoms with van der Waals surface area (Å²) in [6, 6.07) is 4.57. The van der Waals surface area contributed by atoms with E-state index in [0.717, 1.165) is 25.3 Å². The first-order valence-electron chi connectivity index (χ1n) is 11.4. The molecule has 0 bridgehead atoms. The fourth-order valence-electron chi connectivity index (χ4n) is 5.28. The van der Waals surface area contributed by atoms with Gasteiger partial charge in [-0.3, -0.25) is 9.48 Å². The van der Waals surface area contributed by atoms with Gasteiger partial charge in [-0.2, -0.15) is 5.10 Å². The Balaban J connectivity index is 1.56. The van der Waals surface area contributed by atoms with Crippen molar-refractivity contribution in [1.82, 2.24) is 24.1 Å². The molecular formula is C23H35N5O2. The topological polar surface area (TPSA) is 55.5 Å². The van der Waals surface area contributed by atoms with Crippen LogP contribution in [0.2, 0.25) is 0 Å². The number of hydrogen-bond acceptors (Lipinski definition) is 4. The number of aryl methyl sites for hydroxylation is 1. The third-order valence-corrected chi connectivity index (χ3v) is 6.73. The number of hydrogen-bond donors (Lipinski definition) is 0. The average molecular weight is 414 g/mol. The van der Waals surface area contributed by atoms with Gasteiger partial charge in [0.15, 0.2) is 0 Å². The summed E-state index contributed by atoms with van der Waals surface area (Å²) in [6.07, 6.45) is 12.8. The van der Waals surface area contributed by atoms with Gasteiger partial charge in [0.25, 0.3) is 5.91 Å². The lowest BCUT2D eigenvalue weighted by atomic mass is 9.83. The number of carbonyl (C=O) groups is 1. The molecule has 4 heterocycles. The minimum absolute atomic E-state index is 0.0795. The third kappa shape index (κ3) is 4.47. The molecule has 1 amide bonds. The summed E-state index contributed by atoms with van der Waals surface area (Å²) < 4.78 is 9.02. The molecule has 30 heavy (non-hydrogen) atoms. The summed E-state index contributed by atoms with van der Waals surface area (Å²) in [6.45, 7) is 4.65. The van der Waals surface area contributed by atoms with Crippen molar-refractivity contribution in [2.24, 2.45) is 13.0 Å². The molecule has 0 spiro atoms. The van der Waals surface area contributed by atoms with Crippen molar-refractivity contribution in [3.8, 4) is 5.82 Å². The van der Waals surface area contributed by atoms with E-state index >= 15 is 0 Å². The van der Waals surface area contributed by atoms with Crippen LogP contribution in [-0.2, 0) is 11.8 Å². The van der Waals surface area contributed by atoms with E-state index in [-0.39, 0.29) is 5.91 Å². The highest BCUT2D eigenvalue weighted by Crippen LogP contribution is 2.32. The van der Waals surface area contributed by atoms with Crippen molar-refractivity contribution in [2.75, 3.05) is 39.9 Å². The van der Waals surface area contributed by atoms with Gasteiger partial charge in [0.2, 0.25) is 0 Å². The summed E-state index contributed by atoms with van der Waals surface area (Å²) >= 11 is 0. The van der Waals surface area contributed by atoms with Crippen LogP contribution in [0.4, 0.5) is 0 Å². The molecular weight excluding hydrogens is 378 g/mol. The number of nitrogens with zero attached hydrogens (tertiary/aromatic N) is 5. The summed E-state index contributed by atoms with van der Waals surface area (Å²) in [5.41, 5.74) is 0.669. The molecule has 0 unspecified atom stereocenters. The summed E-state index contributed by atoms with van der Waals surface area (Å²) in [5, 5.41) is 4.40. The molecule has 2 saturated heterocycles. The van der Waals surface area contributed by atoms with Crippen molar-refractivity contribution in [3.05, 3.63) is 36.3 Å². The second-order valence-corrected chi connectivity index (χ2v) is 8.69. The zero-order valence-electron chi connectivity index (χ0n) is 18.4. The van der Waals surface area contributed by atoms with E-state index in [9.17, 15) is 4.79 Å². The zero-order valence-corrected chi connectivity index (χ0v) is 18.4. The summed E-state index contributed by atoms with van der Waals surface area (Å²) in [5.74, 6) is 1.46. The third-order valence-electron chi connectivity index (χ3n) is 6.73. The van der Waals surface area contributed by atoms with Crippen LogP contribution in [0.5, 0.6) is 0 Å². The number of ether oxygens (including phenoxy) is 1. The maximum Gasteiger partial charge on any atom is 0.259 e. The van der Waals surface area contributed by atoms with Gasteiger partial charge in [-0.15, -0.1) is 0 Å². The number of methoxy groups -OCH3 is 1. The highest BCUT2D eigenvalue weighted by molar-refractivity contribution is 5.97. The van der Waals surface area contributed by atoms with Crippen molar-refractivity contribution in [2.45, 2.75) is 44.6 Å². The number of piperidine rings is 2. The Morgan fingerprint density at radius 3 is 2.80 bits per heavy atom. The maximum absolute atomic E-state index is 13.7. The van der Waals surface area contributed by atoms with E-state index in [0.29, 0.717) is 24.1 Å². The fourth-order valence-corrected chi connectivity index (χ4v) is 5.28. The Kier molecular flexibility index (Phi) is 6.89. The molecule has 7 nitrogen and oxygen atoms in total. The van der Waals surface area contributed by atoms with Crippen LogP contribution in [0.25, 0.3) is 5.82 Å². The molecule has 2 aliphatic heterocycles. The quantitative estimate of drug-likeness (QED) is 0.625. The number of aromatic nitrogens is 3. The predicted molar refractivity (Wildman–Crippen MR) is 117 cm³/mol. The first kappa shape index (κ1) is 21.1. The fraction of sp³-hybridized carbons (Fsp3) is 0.652. The summed E-state index contributed by atoms with van der Waals surface area (Å²) in [7, 11) is 3.61. The Morgan fingerprint density at radius 2 is 2.00 bits per heavy atom. The molecule has 2 fully saturated rings. The second-order valence-electron chi connectivity index (χ2n) is 8.69. The molecule has 0 aromatic carbocycles. The van der Waals surface area contributed by atoms with Crippen LogP contribution in [0.1, 0.15) is 48.9 Å². The molecule has 4 rings (SSSR count). The minimum Gasteiger partial charge on any atom is -0.385 e. The van der Waals surface area contributed by atoms with Gasteiger partial charge in [0.05, 0.1) is 6.20 Å². The molecule has 0 aliphatic carbocycles. The van der Waals surface area contributed by atoms with Crippen LogP contribution < -0.4 is 0 Å². The largest absolute Gasteiger partial charge is 0.385 e. The van der Waals surface area contributed by atoms with E-state index in [1.807, 2.05) is 36.1 Å². The van der Waals surface area contributed by atoms with E-state index in [1.54, 1.807) is 18.0 Å². The van der Waals surface area contributed by atoms with Crippen molar-refractivity contribution >= 4 is 5.91 Å². The Labute approximate surface area is 179 Å². The van der Waals surface area contributed by atoms with Crippen molar-refractivity contribution in [3.63, 3.8) is 0 Å². The smallest absolute Gasteiger partial charge is 0.259 e. The van der Waals surface area contributed by atoms with E-state index < -0.39 is 0 Å². The highest BCUT2D eigenvalue weighted by atomic mass is 16.5. The second kappa shape index (κ2) is 9.79. The molecule has 0 N–H and O–H groups in total. The minimum atomic E-state index is 0.0795. The Bertz CT molecular complexity index is 814. The standard InChI is InChI=1S/C23H35N5O2/c1-25-22(27-12-5-6-13-27)20(17-24-25)23(29)28(15-8-16-30-2)18-19-9-7-14-26-11-4-3-10-21(19)26/h5-6,12-13,17,19,21H,3-4,7-11,14-16,18H2,1-2H3/t19-,21+/m1/s1. The zero-order chi connectivity index (χ0) is 20.9. The maximum atomic E-state index is 13.7. The molecule has 0 saturated carbocycles. The normalized spacial score (nSPS) is 22.1. The summed E-state index contributed by atoms with van der Waals surface area (Å²) in [4.78, 5) is 18.4. The molecule has 0 radical (unpaired) electrons. The Morgan fingerprint density at radius 1 is 1.20 bits per heavy atom. The molecule has 2 atom stereocenters. The van der Waals surface area contributed by atoms with Crippen LogP contribution in [0, 0.1) is 5.92 Å². The molecule has 2 aromatic heterocycles. The van der Waals surface area contributed by atoms with Gasteiger partial charge in [-0.25, -0.2) is 0 Å². The van der Waals surface area contributed by atoms with Gasteiger partial charge in [0.1, 0.15) is 11.4 Å². The molecule has 164 valence electrons. The number of carbonyl (C=O) groups excluding carboxylic acids is 1. The predicted octanol–water partition coefficient (Wildman–Crippen LogP) is 2.95. The van der Waals surface area contributed by atoms with Crippen LogP contribution >= 0.6 is 0 Å². The molecule has 7 heteroatoms. The van der Waals surface area contributed by atoms with Gasteiger partial charge in [-0.1, -0.05) is 6.42 Å². The van der Waals surface area contributed by atoms with Gasteiger partial charge in [0, 0.05) is 52.3 Å². The number of fused-ring (bicyclic) bond motifs is 1. The monoisotopic (exact) mass is 413 g/mol.